The van der Waals surface area contributed by atoms with Crippen molar-refractivity contribution >= 4 is 41.5 Å². The molecule has 0 spiro atoms. The number of halogens is 4. The number of hydrogen-bond donors (Lipinski definition) is 3. The summed E-state index contributed by atoms with van der Waals surface area (Å²) >= 11 is 0. The zero-order valence-electron chi connectivity index (χ0n) is 16.5. The van der Waals surface area contributed by atoms with Crippen molar-refractivity contribution in [1.29, 1.82) is 0 Å². The van der Waals surface area contributed by atoms with Crippen LogP contribution in [-0.2, 0) is 10.2 Å². The summed E-state index contributed by atoms with van der Waals surface area (Å²) in [6, 6.07) is 11.9. The Hall–Kier alpha value is -2.30. The summed E-state index contributed by atoms with van der Waals surface area (Å²) in [6.07, 6.45) is 2.14. The Balaban J connectivity index is 0.00000320. The van der Waals surface area contributed by atoms with Crippen LogP contribution < -0.4 is 16.0 Å². The maximum Gasteiger partial charge on any atom is 0.246 e. The van der Waals surface area contributed by atoms with E-state index >= 15 is 0 Å². The number of carbonyl (C=O) groups excluding carboxylic acids is 1. The van der Waals surface area contributed by atoms with Gasteiger partial charge in [0.2, 0.25) is 5.91 Å². The number of amides is 1. The molecule has 1 aliphatic carbocycles. The molecule has 162 valence electrons. The zero-order valence-corrected chi connectivity index (χ0v) is 18.8. The van der Waals surface area contributed by atoms with Crippen LogP contribution in [0.4, 0.5) is 18.9 Å². The van der Waals surface area contributed by atoms with Gasteiger partial charge < -0.3 is 16.0 Å². The van der Waals surface area contributed by atoms with Crippen LogP contribution in [0.2, 0.25) is 0 Å². The van der Waals surface area contributed by atoms with Crippen LogP contribution in [-0.4, -0.2) is 31.5 Å². The molecule has 1 saturated carbocycles. The molecule has 1 fully saturated rings. The summed E-state index contributed by atoms with van der Waals surface area (Å²) in [5.41, 5.74) is 0.895. The molecule has 3 rings (SSSR count). The van der Waals surface area contributed by atoms with Crippen molar-refractivity contribution in [3.8, 4) is 0 Å². The average Bonchev–Trinajstić information content (AvgIpc) is 3.52. The Morgan fingerprint density at radius 2 is 1.73 bits per heavy atom. The van der Waals surface area contributed by atoms with Gasteiger partial charge in [-0.05, 0) is 37.5 Å². The molecule has 0 bridgehead atoms. The first-order chi connectivity index (χ1) is 13.9. The maximum absolute atomic E-state index is 13.7. The maximum atomic E-state index is 13.7. The Kier molecular flexibility index (Phi) is 8.51. The van der Waals surface area contributed by atoms with E-state index in [0.29, 0.717) is 19.0 Å². The molecule has 0 aromatic heterocycles. The number of carbonyl (C=O) groups is 1. The van der Waals surface area contributed by atoms with Gasteiger partial charge in [-0.15, -0.1) is 24.0 Å². The lowest BCUT2D eigenvalue weighted by Crippen LogP contribution is -2.41. The molecule has 0 aliphatic heterocycles. The molecular weight excluding hydrogens is 508 g/mol. The molecule has 1 amide bonds. The number of anilines is 1. The number of nitrogens with one attached hydrogen (secondary N) is 3. The molecule has 0 radical (unpaired) electrons. The second-order valence-corrected chi connectivity index (χ2v) is 6.97. The van der Waals surface area contributed by atoms with E-state index in [-0.39, 0.29) is 35.9 Å². The molecule has 1 aliphatic rings. The second kappa shape index (κ2) is 10.6. The van der Waals surface area contributed by atoms with E-state index in [1.165, 1.54) is 5.56 Å². The molecule has 3 N–H and O–H groups in total. The molecule has 0 atom stereocenters. The van der Waals surface area contributed by atoms with Gasteiger partial charge in [0.15, 0.2) is 23.4 Å². The van der Waals surface area contributed by atoms with E-state index in [4.69, 9.17) is 0 Å². The average molecular weight is 532 g/mol. The second-order valence-electron chi connectivity index (χ2n) is 6.97. The largest absolute Gasteiger partial charge is 0.357 e. The van der Waals surface area contributed by atoms with Crippen LogP contribution >= 0.6 is 24.0 Å². The molecule has 5 nitrogen and oxygen atoms in total. The van der Waals surface area contributed by atoms with E-state index < -0.39 is 29.0 Å². The smallest absolute Gasteiger partial charge is 0.246 e. The SMILES string of the molecule is CCNC(=NCC(=O)Nc1ccc(F)c(F)c1F)NCC1(c2ccccc2)CC1.I. The number of benzene rings is 2. The molecule has 0 unspecified atom stereocenters. The van der Waals surface area contributed by atoms with Gasteiger partial charge in [-0.25, -0.2) is 18.2 Å². The van der Waals surface area contributed by atoms with Gasteiger partial charge in [-0.3, -0.25) is 4.79 Å². The monoisotopic (exact) mass is 532 g/mol. The lowest BCUT2D eigenvalue weighted by atomic mass is 9.96. The molecule has 0 saturated heterocycles. The van der Waals surface area contributed by atoms with Crippen molar-refractivity contribution in [2.75, 3.05) is 25.0 Å². The number of guanidine groups is 1. The van der Waals surface area contributed by atoms with Gasteiger partial charge >= 0.3 is 0 Å². The third-order valence-corrected chi connectivity index (χ3v) is 4.87. The van der Waals surface area contributed by atoms with Gasteiger partial charge in [-0.1, -0.05) is 30.3 Å². The third kappa shape index (κ3) is 5.87. The minimum atomic E-state index is -1.63. The van der Waals surface area contributed by atoms with E-state index in [1.54, 1.807) is 0 Å². The highest BCUT2D eigenvalue weighted by Crippen LogP contribution is 2.47. The minimum absolute atomic E-state index is 0. The van der Waals surface area contributed by atoms with Crippen LogP contribution in [0.3, 0.4) is 0 Å². The lowest BCUT2D eigenvalue weighted by Gasteiger charge is -2.19. The molecule has 0 heterocycles. The molecule has 30 heavy (non-hydrogen) atoms. The normalized spacial score (nSPS) is 14.5. The number of hydrogen-bond acceptors (Lipinski definition) is 2. The summed E-state index contributed by atoms with van der Waals surface area (Å²) in [6.45, 7) is 2.87. The summed E-state index contributed by atoms with van der Waals surface area (Å²) < 4.78 is 39.9. The number of rotatable bonds is 7. The van der Waals surface area contributed by atoms with Crippen LogP contribution in [0.15, 0.2) is 47.5 Å². The van der Waals surface area contributed by atoms with Crippen LogP contribution in [0.1, 0.15) is 25.3 Å². The first kappa shape index (κ1) is 24.0. The fourth-order valence-electron chi connectivity index (χ4n) is 3.07. The first-order valence-corrected chi connectivity index (χ1v) is 9.46. The minimum Gasteiger partial charge on any atom is -0.357 e. The molecule has 2 aromatic rings. The molecule has 9 heteroatoms. The van der Waals surface area contributed by atoms with Crippen molar-refractivity contribution in [1.82, 2.24) is 10.6 Å². The fourth-order valence-corrected chi connectivity index (χ4v) is 3.07. The Labute approximate surface area is 190 Å². The van der Waals surface area contributed by atoms with Gasteiger partial charge in [0, 0.05) is 18.5 Å². The molecule has 2 aromatic carbocycles. The number of nitrogens with zero attached hydrogens (tertiary/aromatic N) is 1. The zero-order chi connectivity index (χ0) is 20.9. The van der Waals surface area contributed by atoms with Crippen molar-refractivity contribution < 1.29 is 18.0 Å². The molecular formula is C21H24F3IN4O. The van der Waals surface area contributed by atoms with Crippen molar-refractivity contribution in [3.63, 3.8) is 0 Å². The van der Waals surface area contributed by atoms with Crippen LogP contribution in [0.25, 0.3) is 0 Å². The van der Waals surface area contributed by atoms with Crippen LogP contribution in [0.5, 0.6) is 0 Å². The van der Waals surface area contributed by atoms with Gasteiger partial charge in [0.25, 0.3) is 0 Å². The summed E-state index contributed by atoms with van der Waals surface area (Å²) in [4.78, 5) is 16.2. The van der Waals surface area contributed by atoms with Crippen LogP contribution in [0, 0.1) is 17.5 Å². The van der Waals surface area contributed by atoms with E-state index in [0.717, 1.165) is 25.0 Å². The standard InChI is InChI=1S/C21H23F3N4O.HI/c1-2-25-20(27-13-21(10-11-21)14-6-4-3-5-7-14)26-12-17(29)28-16-9-8-15(22)18(23)19(16)24;/h3-9H,2,10-13H2,1H3,(H,28,29)(H2,25,26,27);1H. The van der Waals surface area contributed by atoms with Crippen molar-refractivity contribution in [2.45, 2.75) is 25.2 Å². The lowest BCUT2D eigenvalue weighted by molar-refractivity contribution is -0.114. The first-order valence-electron chi connectivity index (χ1n) is 9.46. The quantitative estimate of drug-likeness (QED) is 0.219. The predicted octanol–water partition coefficient (Wildman–Crippen LogP) is 3.95. The Morgan fingerprint density at radius 1 is 1.03 bits per heavy atom. The van der Waals surface area contributed by atoms with Gasteiger partial charge in [0.05, 0.1) is 5.69 Å². The van der Waals surface area contributed by atoms with Crippen molar-refractivity contribution in [2.24, 2.45) is 4.99 Å². The highest BCUT2D eigenvalue weighted by molar-refractivity contribution is 14.0. The number of aliphatic imine (C=N–C) groups is 1. The Bertz CT molecular complexity index is 905. The highest BCUT2D eigenvalue weighted by Gasteiger charge is 2.44. The van der Waals surface area contributed by atoms with E-state index in [1.807, 2.05) is 25.1 Å². The fraction of sp³-hybridized carbons (Fsp3) is 0.333. The van der Waals surface area contributed by atoms with Gasteiger partial charge in [-0.2, -0.15) is 0 Å². The predicted molar refractivity (Wildman–Crippen MR) is 122 cm³/mol. The van der Waals surface area contributed by atoms with Crippen molar-refractivity contribution in [3.05, 3.63) is 65.5 Å². The summed E-state index contributed by atoms with van der Waals surface area (Å²) in [5, 5.41) is 8.50. The topological polar surface area (TPSA) is 65.5 Å². The summed E-state index contributed by atoms with van der Waals surface area (Å²) in [7, 11) is 0. The third-order valence-electron chi connectivity index (χ3n) is 4.87. The highest BCUT2D eigenvalue weighted by atomic mass is 127. The van der Waals surface area contributed by atoms with E-state index in [9.17, 15) is 18.0 Å². The Morgan fingerprint density at radius 3 is 2.37 bits per heavy atom. The summed E-state index contributed by atoms with van der Waals surface area (Å²) in [5.74, 6) is -4.57. The van der Waals surface area contributed by atoms with Gasteiger partial charge in [0.1, 0.15) is 6.54 Å². The van der Waals surface area contributed by atoms with E-state index in [2.05, 4.69) is 33.1 Å².